The van der Waals surface area contributed by atoms with E-state index in [1.54, 1.807) is 11.0 Å². The average molecular weight is 490 g/mol. The van der Waals surface area contributed by atoms with E-state index in [9.17, 15) is 22.4 Å². The van der Waals surface area contributed by atoms with Crippen LogP contribution in [0.4, 0.5) is 35.0 Å². The third-order valence-corrected chi connectivity index (χ3v) is 7.40. The van der Waals surface area contributed by atoms with Gasteiger partial charge < -0.3 is 15.5 Å². The first-order valence-corrected chi connectivity index (χ1v) is 11.9. The summed E-state index contributed by atoms with van der Waals surface area (Å²) < 4.78 is 54.6. The van der Waals surface area contributed by atoms with Gasteiger partial charge in [-0.15, -0.1) is 0 Å². The van der Waals surface area contributed by atoms with Gasteiger partial charge in [-0.1, -0.05) is 6.08 Å². The molecular weight excluding hydrogens is 462 g/mol. The highest BCUT2D eigenvalue weighted by atomic mass is 19.3. The molecule has 1 aromatic heterocycles. The molecule has 0 radical (unpaired) electrons. The molecule has 1 aromatic carbocycles. The van der Waals surface area contributed by atoms with Crippen molar-refractivity contribution in [3.63, 3.8) is 0 Å². The van der Waals surface area contributed by atoms with Gasteiger partial charge >= 0.3 is 0 Å². The second-order valence-corrected chi connectivity index (χ2v) is 9.65. The number of amides is 1. The van der Waals surface area contributed by atoms with Gasteiger partial charge in [-0.2, -0.15) is 4.98 Å². The number of alkyl halides is 2. The van der Waals surface area contributed by atoms with E-state index in [0.717, 1.165) is 30.5 Å². The third kappa shape index (κ3) is 4.58. The van der Waals surface area contributed by atoms with Crippen LogP contribution in [0.5, 0.6) is 0 Å². The van der Waals surface area contributed by atoms with Gasteiger partial charge in [0.1, 0.15) is 5.82 Å². The number of halogens is 4. The summed E-state index contributed by atoms with van der Waals surface area (Å²) in [5.41, 5.74) is 7.14. The summed E-state index contributed by atoms with van der Waals surface area (Å²) in [7, 11) is 0. The number of hydrogen-bond donors (Lipinski definition) is 1. The molecule has 1 aliphatic carbocycles. The van der Waals surface area contributed by atoms with Gasteiger partial charge in [0.25, 0.3) is 5.92 Å². The Morgan fingerprint density at radius 1 is 0.943 bits per heavy atom. The lowest BCUT2D eigenvalue weighted by molar-refractivity contribution is -0.121. The van der Waals surface area contributed by atoms with Gasteiger partial charge in [0, 0.05) is 50.2 Å². The van der Waals surface area contributed by atoms with Gasteiger partial charge in [0.2, 0.25) is 11.9 Å². The average Bonchev–Trinajstić information content (AvgIpc) is 2.81. The molecule has 2 saturated heterocycles. The lowest BCUT2D eigenvalue weighted by Gasteiger charge is -2.51. The molecule has 0 saturated carbocycles. The number of aromatic nitrogens is 2. The van der Waals surface area contributed by atoms with Crippen LogP contribution < -0.4 is 15.5 Å². The maximum absolute atomic E-state index is 14.0. The van der Waals surface area contributed by atoms with Crippen molar-refractivity contribution in [3.8, 4) is 0 Å². The highest BCUT2D eigenvalue weighted by molar-refractivity contribution is 5.95. The Balaban J connectivity index is 1.37. The van der Waals surface area contributed by atoms with Crippen molar-refractivity contribution in [1.29, 1.82) is 0 Å². The summed E-state index contributed by atoms with van der Waals surface area (Å²) in [6, 6.07) is 5.37. The smallest absolute Gasteiger partial charge is 0.251 e. The Labute approximate surface area is 200 Å². The molecule has 2 N–H and O–H groups in total. The third-order valence-electron chi connectivity index (χ3n) is 7.40. The van der Waals surface area contributed by atoms with E-state index in [1.165, 1.54) is 12.1 Å². The fourth-order valence-electron chi connectivity index (χ4n) is 5.53. The molecule has 35 heavy (non-hydrogen) atoms. The predicted octanol–water partition coefficient (Wildman–Crippen LogP) is 5.10. The number of carbonyl (C=O) groups excluding carboxylic acids is 1. The number of rotatable bonds is 3. The summed E-state index contributed by atoms with van der Waals surface area (Å²) in [5, 5.41) is 0. The van der Waals surface area contributed by atoms with E-state index in [-0.39, 0.29) is 31.1 Å². The van der Waals surface area contributed by atoms with E-state index < -0.39 is 23.1 Å². The van der Waals surface area contributed by atoms with Crippen LogP contribution in [0.2, 0.25) is 0 Å². The van der Waals surface area contributed by atoms with Gasteiger partial charge in [0.15, 0.2) is 11.6 Å². The molecule has 0 atom stereocenters. The van der Waals surface area contributed by atoms with E-state index in [1.807, 2.05) is 4.90 Å². The maximum atomic E-state index is 14.0. The second-order valence-electron chi connectivity index (χ2n) is 9.65. The van der Waals surface area contributed by atoms with Gasteiger partial charge in [-0.05, 0) is 49.8 Å². The SMILES string of the molecule is Nc1nc(C2=CCC(F)(F)CC2)cc(N2CCC3(CCCC(=O)N3c3ccc(F)c(F)c3)CC2)n1. The van der Waals surface area contributed by atoms with Crippen LogP contribution in [0.1, 0.15) is 57.1 Å². The van der Waals surface area contributed by atoms with E-state index in [0.29, 0.717) is 49.6 Å². The Kier molecular flexibility index (Phi) is 5.93. The highest BCUT2D eigenvalue weighted by Gasteiger charge is 2.45. The first-order chi connectivity index (χ1) is 16.7. The van der Waals surface area contributed by atoms with E-state index in [4.69, 9.17) is 5.73 Å². The Morgan fingerprint density at radius 3 is 2.40 bits per heavy atom. The van der Waals surface area contributed by atoms with Crippen LogP contribution in [-0.4, -0.2) is 40.4 Å². The van der Waals surface area contributed by atoms with Gasteiger partial charge in [-0.25, -0.2) is 22.5 Å². The minimum absolute atomic E-state index is 0.0762. The molecule has 186 valence electrons. The fraction of sp³-hybridized carbons (Fsp3) is 0.480. The lowest BCUT2D eigenvalue weighted by Crippen LogP contribution is -2.60. The number of benzene rings is 1. The largest absolute Gasteiger partial charge is 0.368 e. The quantitative estimate of drug-likeness (QED) is 0.608. The number of carbonyl (C=O) groups is 1. The second kappa shape index (κ2) is 8.80. The Hall–Kier alpha value is -3.17. The van der Waals surface area contributed by atoms with Crippen LogP contribution in [-0.2, 0) is 4.79 Å². The maximum Gasteiger partial charge on any atom is 0.251 e. The molecule has 0 unspecified atom stereocenters. The van der Waals surface area contributed by atoms with Crippen molar-refractivity contribution >= 4 is 28.9 Å². The standard InChI is InChI=1S/C25H27F4N5O/c26-18-4-3-17(14-19(18)27)34-22(35)2-1-7-24(34)10-12-33(13-11-24)21-15-20(31-23(30)32-21)16-5-8-25(28,29)9-6-16/h3-5,14-15H,1-2,6-13H2,(H2,30,31,32). The summed E-state index contributed by atoms with van der Waals surface area (Å²) in [6.07, 6.45) is 4.30. The molecule has 3 heterocycles. The number of allylic oxidation sites excluding steroid dienone is 2. The monoisotopic (exact) mass is 489 g/mol. The number of anilines is 3. The molecule has 1 amide bonds. The van der Waals surface area contributed by atoms with Crippen molar-refractivity contribution < 1.29 is 22.4 Å². The molecule has 5 rings (SSSR count). The van der Waals surface area contributed by atoms with E-state index in [2.05, 4.69) is 9.97 Å². The van der Waals surface area contributed by atoms with Crippen molar-refractivity contribution in [2.75, 3.05) is 28.6 Å². The minimum atomic E-state index is -2.69. The molecule has 1 spiro atoms. The Morgan fingerprint density at radius 2 is 1.71 bits per heavy atom. The molecule has 2 aromatic rings. The van der Waals surface area contributed by atoms with Crippen molar-refractivity contribution in [3.05, 3.63) is 47.7 Å². The first kappa shape index (κ1) is 23.6. The van der Waals surface area contributed by atoms with Gasteiger partial charge in [-0.3, -0.25) is 4.79 Å². The van der Waals surface area contributed by atoms with E-state index >= 15 is 0 Å². The van der Waals surface area contributed by atoms with Crippen LogP contribution in [0.25, 0.3) is 5.57 Å². The summed E-state index contributed by atoms with van der Waals surface area (Å²) in [5.74, 6) is -4.02. The highest BCUT2D eigenvalue weighted by Crippen LogP contribution is 2.42. The molecule has 2 aliphatic heterocycles. The van der Waals surface area contributed by atoms with Crippen LogP contribution in [0.15, 0.2) is 30.3 Å². The first-order valence-electron chi connectivity index (χ1n) is 11.9. The zero-order chi connectivity index (χ0) is 24.8. The molecule has 3 aliphatic rings. The number of nitrogens with zero attached hydrogens (tertiary/aromatic N) is 4. The summed E-state index contributed by atoms with van der Waals surface area (Å²) >= 11 is 0. The topological polar surface area (TPSA) is 75.3 Å². The lowest BCUT2D eigenvalue weighted by atomic mass is 9.78. The normalized spacial score (nSPS) is 21.8. The zero-order valence-corrected chi connectivity index (χ0v) is 19.2. The molecule has 10 heteroatoms. The Bertz CT molecular complexity index is 1180. The van der Waals surface area contributed by atoms with Crippen LogP contribution in [0, 0.1) is 11.6 Å². The minimum Gasteiger partial charge on any atom is -0.368 e. The number of nitrogen functional groups attached to an aromatic ring is 1. The molecule has 0 bridgehead atoms. The van der Waals surface area contributed by atoms with Crippen molar-refractivity contribution in [2.24, 2.45) is 0 Å². The van der Waals surface area contributed by atoms with Crippen LogP contribution in [0.3, 0.4) is 0 Å². The van der Waals surface area contributed by atoms with Crippen molar-refractivity contribution in [1.82, 2.24) is 9.97 Å². The van der Waals surface area contributed by atoms with Crippen LogP contribution >= 0.6 is 0 Å². The summed E-state index contributed by atoms with van der Waals surface area (Å²) in [4.78, 5) is 25.3. The number of nitrogens with two attached hydrogens (primary N) is 1. The fourth-order valence-corrected chi connectivity index (χ4v) is 5.53. The number of hydrogen-bond acceptors (Lipinski definition) is 5. The van der Waals surface area contributed by atoms with Gasteiger partial charge in [0.05, 0.1) is 11.2 Å². The molecule has 2 fully saturated rings. The molecule has 6 nitrogen and oxygen atoms in total. The van der Waals surface area contributed by atoms with Crippen molar-refractivity contribution in [2.45, 2.75) is 62.8 Å². The number of piperidine rings is 2. The zero-order valence-electron chi connectivity index (χ0n) is 19.2. The summed E-state index contributed by atoms with van der Waals surface area (Å²) in [6.45, 7) is 1.14. The molecular formula is C25H27F4N5O. The predicted molar refractivity (Wildman–Crippen MR) is 125 cm³/mol.